The van der Waals surface area contributed by atoms with E-state index in [0.29, 0.717) is 0 Å². The Balaban J connectivity index is 2.01. The molecule has 124 valence electrons. The monoisotopic (exact) mass is 359 g/mol. The van der Waals surface area contributed by atoms with Gasteiger partial charge in [-0.3, -0.25) is 10.1 Å². The number of benzene rings is 2. The molecule has 1 atom stereocenters. The van der Waals surface area contributed by atoms with Crippen molar-refractivity contribution in [2.24, 2.45) is 0 Å². The van der Waals surface area contributed by atoms with Gasteiger partial charge in [-0.25, -0.2) is 0 Å². The van der Waals surface area contributed by atoms with Gasteiger partial charge in [0.15, 0.2) is 0 Å². The molecule has 3 rings (SSSR count). The zero-order valence-corrected chi connectivity index (χ0v) is 15.1. The van der Waals surface area contributed by atoms with Crippen molar-refractivity contribution in [1.82, 2.24) is 0 Å². The lowest BCUT2D eigenvalue weighted by Crippen LogP contribution is -2.49. The Morgan fingerprint density at radius 3 is 2.38 bits per heavy atom. The zero-order chi connectivity index (χ0) is 17.3. The van der Waals surface area contributed by atoms with Crippen LogP contribution in [0.2, 0.25) is 0 Å². The molecule has 2 aromatic rings. The lowest BCUT2D eigenvalue weighted by Gasteiger charge is -2.25. The molecule has 0 radical (unpaired) electrons. The molecule has 0 spiro atoms. The number of para-hydroxylation sites is 1. The van der Waals surface area contributed by atoms with E-state index in [0.717, 1.165) is 15.6 Å². The molecule has 0 amide bonds. The number of thiocarbonyl (C=S) groups is 1. The maximum atomic E-state index is 10.8. The first-order valence-corrected chi connectivity index (χ1v) is 8.79. The number of phenolic OH excluding ortho intramolecular Hbond substituents is 1. The number of nitrogens with zero attached hydrogens (tertiary/aromatic N) is 2. The van der Waals surface area contributed by atoms with Crippen LogP contribution >= 0.6 is 24.0 Å². The number of hydrogen-bond donors (Lipinski definition) is 2. The van der Waals surface area contributed by atoms with Crippen LogP contribution in [0.15, 0.2) is 54.6 Å². The van der Waals surface area contributed by atoms with E-state index in [4.69, 9.17) is 12.2 Å². The summed E-state index contributed by atoms with van der Waals surface area (Å²) in [6.45, 7) is 4.12. The predicted molar refractivity (Wildman–Crippen MR) is 102 cm³/mol. The average Bonchev–Trinajstić information content (AvgIpc) is 2.79. The third-order valence-electron chi connectivity index (χ3n) is 3.87. The van der Waals surface area contributed by atoms with Crippen molar-refractivity contribution in [3.63, 3.8) is 0 Å². The Labute approximate surface area is 151 Å². The molecule has 1 fully saturated rings. The van der Waals surface area contributed by atoms with Crippen molar-refractivity contribution in [3.05, 3.63) is 60.2 Å². The summed E-state index contributed by atoms with van der Waals surface area (Å²) in [5, 5.41) is 20.1. The smallest absolute Gasteiger partial charge is 0.296 e. The molecule has 0 aromatic heterocycles. The maximum Gasteiger partial charge on any atom is 0.296 e. The van der Waals surface area contributed by atoms with Crippen LogP contribution in [0.1, 0.15) is 19.4 Å². The van der Waals surface area contributed by atoms with Gasteiger partial charge in [0.25, 0.3) is 6.17 Å². The molecule has 24 heavy (non-hydrogen) atoms. The molecule has 1 unspecified atom stereocenters. The van der Waals surface area contributed by atoms with Gasteiger partial charge in [-0.15, -0.1) is 0 Å². The van der Waals surface area contributed by atoms with E-state index in [1.807, 2.05) is 35.2 Å². The van der Waals surface area contributed by atoms with Crippen molar-refractivity contribution < 1.29 is 15.1 Å². The number of hydrogen-bond acceptors (Lipinski definition) is 4. The first kappa shape index (κ1) is 16.8. The van der Waals surface area contributed by atoms with Crippen molar-refractivity contribution in [3.8, 4) is 5.75 Å². The number of rotatable bonds is 3. The largest absolute Gasteiger partial charge is 0.508 e. The molecule has 2 N–H and O–H groups in total. The van der Waals surface area contributed by atoms with Gasteiger partial charge < -0.3 is 5.11 Å². The van der Waals surface area contributed by atoms with E-state index >= 15 is 0 Å². The SMILES string of the molecule is CC1(C)SC(=S)N(c2ccccc2)C1[N+](O)=Cc1ccc(O)cc1. The third-order valence-corrected chi connectivity index (χ3v) is 5.43. The van der Waals surface area contributed by atoms with Gasteiger partial charge in [0, 0.05) is 11.3 Å². The molecule has 1 aliphatic rings. The summed E-state index contributed by atoms with van der Waals surface area (Å²) in [5.74, 6) is 0.195. The topological polar surface area (TPSA) is 46.7 Å². The molecule has 2 aromatic carbocycles. The Morgan fingerprint density at radius 1 is 1.12 bits per heavy atom. The summed E-state index contributed by atoms with van der Waals surface area (Å²) in [6, 6.07) is 16.5. The van der Waals surface area contributed by atoms with E-state index in [1.165, 1.54) is 4.74 Å². The van der Waals surface area contributed by atoms with E-state index in [1.54, 1.807) is 42.2 Å². The molecule has 0 saturated carbocycles. The fraction of sp³-hybridized carbons (Fsp3) is 0.222. The minimum absolute atomic E-state index is 0.195. The van der Waals surface area contributed by atoms with Gasteiger partial charge in [-0.2, -0.15) is 0 Å². The molecule has 1 saturated heterocycles. The van der Waals surface area contributed by atoms with E-state index in [-0.39, 0.29) is 16.7 Å². The maximum absolute atomic E-state index is 10.8. The van der Waals surface area contributed by atoms with Crippen molar-refractivity contribution >= 4 is 40.2 Å². The van der Waals surface area contributed by atoms with Crippen molar-refractivity contribution in [2.45, 2.75) is 24.8 Å². The lowest BCUT2D eigenvalue weighted by molar-refractivity contribution is -0.796. The molecule has 0 bridgehead atoms. The summed E-state index contributed by atoms with van der Waals surface area (Å²) in [6.07, 6.45) is 1.31. The molecule has 1 aliphatic heterocycles. The quantitative estimate of drug-likeness (QED) is 0.287. The zero-order valence-electron chi connectivity index (χ0n) is 13.5. The van der Waals surface area contributed by atoms with Gasteiger partial charge in [0.2, 0.25) is 6.21 Å². The van der Waals surface area contributed by atoms with Crippen LogP contribution in [0.3, 0.4) is 0 Å². The van der Waals surface area contributed by atoms with Crippen LogP contribution in [0.4, 0.5) is 5.69 Å². The van der Waals surface area contributed by atoms with Crippen LogP contribution in [0.25, 0.3) is 0 Å². The van der Waals surface area contributed by atoms with E-state index in [9.17, 15) is 10.3 Å². The molecular formula is C18H19N2O2S2+. The van der Waals surface area contributed by atoms with Crippen molar-refractivity contribution in [2.75, 3.05) is 4.90 Å². The molecule has 4 nitrogen and oxygen atoms in total. The summed E-state index contributed by atoms with van der Waals surface area (Å²) in [7, 11) is 0. The van der Waals surface area contributed by atoms with Crippen LogP contribution in [0.5, 0.6) is 5.75 Å². The fourth-order valence-corrected chi connectivity index (χ4v) is 4.72. The highest BCUT2D eigenvalue weighted by molar-refractivity contribution is 8.24. The minimum atomic E-state index is -0.341. The summed E-state index contributed by atoms with van der Waals surface area (Å²) in [4.78, 5) is 1.97. The molecular weight excluding hydrogens is 340 g/mol. The van der Waals surface area contributed by atoms with Crippen LogP contribution in [-0.4, -0.2) is 36.5 Å². The number of phenols is 1. The van der Waals surface area contributed by atoms with Crippen LogP contribution in [-0.2, 0) is 0 Å². The van der Waals surface area contributed by atoms with Crippen molar-refractivity contribution in [1.29, 1.82) is 0 Å². The van der Waals surface area contributed by atoms with Gasteiger partial charge in [0.1, 0.15) is 14.8 Å². The second kappa shape index (κ2) is 6.45. The highest BCUT2D eigenvalue weighted by atomic mass is 32.2. The number of aromatic hydroxyl groups is 1. The number of hydroxylamine groups is 1. The van der Waals surface area contributed by atoms with Gasteiger partial charge in [0.05, 0.1) is 0 Å². The van der Waals surface area contributed by atoms with Gasteiger partial charge in [-0.05, 0) is 55.0 Å². The van der Waals surface area contributed by atoms with E-state index < -0.39 is 0 Å². The van der Waals surface area contributed by atoms with Gasteiger partial charge in [-0.1, -0.05) is 42.2 Å². The Bertz CT molecular complexity index is 773. The number of anilines is 1. The minimum Gasteiger partial charge on any atom is -0.508 e. The highest BCUT2D eigenvalue weighted by Gasteiger charge is 2.53. The highest BCUT2D eigenvalue weighted by Crippen LogP contribution is 2.43. The average molecular weight is 359 g/mol. The molecule has 0 aliphatic carbocycles. The van der Waals surface area contributed by atoms with Crippen LogP contribution < -0.4 is 4.90 Å². The Morgan fingerprint density at radius 2 is 1.75 bits per heavy atom. The Kier molecular flexibility index (Phi) is 4.51. The summed E-state index contributed by atoms with van der Waals surface area (Å²) in [5.41, 5.74) is 1.74. The molecule has 1 heterocycles. The lowest BCUT2D eigenvalue weighted by atomic mass is 10.1. The standard InChI is InChI=1S/C18H18N2O2S2/c1-18(2)16(19(22)12-13-8-10-15(21)11-9-13)20(17(23)24-18)14-6-4-3-5-7-14/h3-12,16,22H,1-2H3/p+1. The van der Waals surface area contributed by atoms with Gasteiger partial charge >= 0.3 is 0 Å². The predicted octanol–water partition coefficient (Wildman–Crippen LogP) is 3.86. The first-order chi connectivity index (χ1) is 11.4. The first-order valence-electron chi connectivity index (χ1n) is 7.57. The second-order valence-corrected chi connectivity index (χ2v) is 8.44. The normalized spacial score (nSPS) is 20.4. The third kappa shape index (κ3) is 3.25. The summed E-state index contributed by atoms with van der Waals surface area (Å²) < 4.78 is 1.63. The van der Waals surface area contributed by atoms with Crippen LogP contribution in [0, 0.1) is 0 Å². The van der Waals surface area contributed by atoms with E-state index in [2.05, 4.69) is 13.8 Å². The summed E-state index contributed by atoms with van der Waals surface area (Å²) >= 11 is 7.12. The molecule has 6 heteroatoms. The Hall–Kier alpha value is -2.05. The fourth-order valence-electron chi connectivity index (χ4n) is 2.79. The second-order valence-electron chi connectivity index (χ2n) is 6.15. The number of thioether (sulfide) groups is 1.